The fourth-order valence-electron chi connectivity index (χ4n) is 1.53. The molecular formula is C13H19NO3. The van der Waals surface area contributed by atoms with E-state index in [9.17, 15) is 9.90 Å². The number of nitrogens with one attached hydrogen (secondary N) is 1. The minimum absolute atomic E-state index is 0.00183. The van der Waals surface area contributed by atoms with E-state index < -0.39 is 0 Å². The molecule has 0 saturated carbocycles. The zero-order valence-electron chi connectivity index (χ0n) is 10.2. The van der Waals surface area contributed by atoms with Crippen LogP contribution in [-0.4, -0.2) is 28.8 Å². The normalized spacial score (nSPS) is 12.2. The third-order valence-corrected chi connectivity index (χ3v) is 2.48. The average Bonchev–Trinajstić information content (AvgIpc) is 2.23. The molecule has 1 atom stereocenters. The largest absolute Gasteiger partial charge is 0.507 e. The zero-order valence-corrected chi connectivity index (χ0v) is 10.2. The Morgan fingerprint density at radius 1 is 1.47 bits per heavy atom. The smallest absolute Gasteiger partial charge is 0.255 e. The van der Waals surface area contributed by atoms with Crippen LogP contribution in [0.1, 0.15) is 35.7 Å². The molecule has 1 rings (SSSR count). The summed E-state index contributed by atoms with van der Waals surface area (Å²) in [6.07, 6.45) is 1.02. The number of aryl methyl sites for hydroxylation is 1. The van der Waals surface area contributed by atoms with Crippen LogP contribution in [0, 0.1) is 6.92 Å². The molecule has 0 saturated heterocycles. The number of phenols is 1. The average molecular weight is 237 g/mol. The van der Waals surface area contributed by atoms with Gasteiger partial charge in [-0.05, 0) is 44.4 Å². The van der Waals surface area contributed by atoms with Crippen molar-refractivity contribution >= 4 is 5.91 Å². The summed E-state index contributed by atoms with van der Waals surface area (Å²) in [4.78, 5) is 11.7. The molecule has 94 valence electrons. The number of phenolic OH excluding ortho intramolecular Hbond substituents is 1. The first kappa shape index (κ1) is 13.5. The van der Waals surface area contributed by atoms with Crippen LogP contribution in [-0.2, 0) is 0 Å². The van der Waals surface area contributed by atoms with Crippen LogP contribution in [0.4, 0.5) is 0 Å². The first-order valence-corrected chi connectivity index (χ1v) is 5.76. The maximum Gasteiger partial charge on any atom is 0.255 e. The van der Waals surface area contributed by atoms with Gasteiger partial charge in [0.05, 0.1) is 11.7 Å². The Kier molecular flexibility index (Phi) is 4.97. The van der Waals surface area contributed by atoms with Crippen LogP contribution in [0.3, 0.4) is 0 Å². The molecule has 1 aromatic rings. The summed E-state index contributed by atoms with van der Waals surface area (Å²) in [5.41, 5.74) is 1.20. The van der Waals surface area contributed by atoms with Gasteiger partial charge in [-0.2, -0.15) is 0 Å². The summed E-state index contributed by atoms with van der Waals surface area (Å²) in [5.74, 6) is -0.286. The molecule has 0 aliphatic carbocycles. The molecule has 1 aromatic carbocycles. The van der Waals surface area contributed by atoms with E-state index in [1.54, 1.807) is 25.1 Å². The van der Waals surface area contributed by atoms with Crippen LogP contribution in [0.2, 0.25) is 0 Å². The highest BCUT2D eigenvalue weighted by Crippen LogP contribution is 2.17. The lowest BCUT2D eigenvalue weighted by Gasteiger charge is -2.08. The number of carbonyl (C=O) groups is 1. The molecule has 0 heterocycles. The number of hydrogen-bond donors (Lipinski definition) is 3. The van der Waals surface area contributed by atoms with E-state index in [4.69, 9.17) is 5.11 Å². The summed E-state index contributed by atoms with van der Waals surface area (Å²) in [6, 6.07) is 4.95. The molecule has 0 radical (unpaired) electrons. The van der Waals surface area contributed by atoms with Gasteiger partial charge in [-0.3, -0.25) is 4.79 Å². The van der Waals surface area contributed by atoms with E-state index in [0.29, 0.717) is 13.0 Å². The molecule has 0 aliphatic rings. The molecule has 0 aromatic heterocycles. The molecule has 0 aliphatic heterocycles. The Hall–Kier alpha value is -1.55. The van der Waals surface area contributed by atoms with Crippen LogP contribution < -0.4 is 5.32 Å². The molecule has 1 amide bonds. The zero-order chi connectivity index (χ0) is 12.8. The lowest BCUT2D eigenvalue weighted by Crippen LogP contribution is -2.25. The molecule has 4 heteroatoms. The first-order valence-electron chi connectivity index (χ1n) is 5.76. The van der Waals surface area contributed by atoms with Gasteiger partial charge in [-0.15, -0.1) is 0 Å². The van der Waals surface area contributed by atoms with Gasteiger partial charge < -0.3 is 15.5 Å². The third-order valence-electron chi connectivity index (χ3n) is 2.48. The quantitative estimate of drug-likeness (QED) is 0.681. The SMILES string of the molecule is Cc1ccc(C(=O)NCCCC(C)O)c(O)c1. The number of aliphatic hydroxyl groups is 1. The third kappa shape index (κ3) is 4.44. The Labute approximate surface area is 101 Å². The van der Waals surface area contributed by atoms with Crippen molar-refractivity contribution in [2.45, 2.75) is 32.8 Å². The number of hydrogen-bond acceptors (Lipinski definition) is 3. The Morgan fingerprint density at radius 3 is 2.76 bits per heavy atom. The van der Waals surface area contributed by atoms with Gasteiger partial charge in [0.25, 0.3) is 5.91 Å². The van der Waals surface area contributed by atoms with E-state index in [1.807, 2.05) is 6.92 Å². The van der Waals surface area contributed by atoms with Crippen molar-refractivity contribution in [3.8, 4) is 5.75 Å². The lowest BCUT2D eigenvalue weighted by atomic mass is 10.1. The summed E-state index contributed by atoms with van der Waals surface area (Å²) in [6.45, 7) is 4.06. The van der Waals surface area contributed by atoms with Gasteiger partial charge in [0.2, 0.25) is 0 Å². The van der Waals surface area contributed by atoms with Crippen molar-refractivity contribution in [2.24, 2.45) is 0 Å². The molecule has 0 bridgehead atoms. The summed E-state index contributed by atoms with van der Waals surface area (Å²) < 4.78 is 0. The monoisotopic (exact) mass is 237 g/mol. The van der Waals surface area contributed by atoms with Crippen LogP contribution >= 0.6 is 0 Å². The molecule has 0 spiro atoms. The summed E-state index contributed by atoms with van der Waals surface area (Å²) in [7, 11) is 0. The number of rotatable bonds is 5. The van der Waals surface area contributed by atoms with E-state index in [-0.39, 0.29) is 23.3 Å². The van der Waals surface area contributed by atoms with Gasteiger partial charge in [0.15, 0.2) is 0 Å². The molecule has 4 nitrogen and oxygen atoms in total. The second-order valence-corrected chi connectivity index (χ2v) is 4.27. The Balaban J connectivity index is 2.47. The van der Waals surface area contributed by atoms with E-state index in [0.717, 1.165) is 12.0 Å². The second-order valence-electron chi connectivity index (χ2n) is 4.27. The van der Waals surface area contributed by atoms with Gasteiger partial charge in [0, 0.05) is 6.54 Å². The van der Waals surface area contributed by atoms with E-state index in [1.165, 1.54) is 0 Å². The Morgan fingerprint density at radius 2 is 2.18 bits per heavy atom. The second kappa shape index (κ2) is 6.25. The van der Waals surface area contributed by atoms with E-state index >= 15 is 0 Å². The number of aliphatic hydroxyl groups excluding tert-OH is 1. The van der Waals surface area contributed by atoms with Crippen LogP contribution in [0.5, 0.6) is 5.75 Å². The highest BCUT2D eigenvalue weighted by atomic mass is 16.3. The van der Waals surface area contributed by atoms with Crippen molar-refractivity contribution in [3.63, 3.8) is 0 Å². The van der Waals surface area contributed by atoms with Crippen molar-refractivity contribution in [3.05, 3.63) is 29.3 Å². The van der Waals surface area contributed by atoms with Crippen LogP contribution in [0.25, 0.3) is 0 Å². The topological polar surface area (TPSA) is 69.6 Å². The maximum absolute atomic E-state index is 11.7. The molecule has 0 fully saturated rings. The maximum atomic E-state index is 11.7. The molecule has 17 heavy (non-hydrogen) atoms. The number of amides is 1. The minimum Gasteiger partial charge on any atom is -0.507 e. The van der Waals surface area contributed by atoms with Crippen molar-refractivity contribution < 1.29 is 15.0 Å². The summed E-state index contributed by atoms with van der Waals surface area (Å²) in [5, 5.41) is 21.4. The predicted molar refractivity (Wildman–Crippen MR) is 66.1 cm³/mol. The summed E-state index contributed by atoms with van der Waals surface area (Å²) >= 11 is 0. The number of benzene rings is 1. The van der Waals surface area contributed by atoms with Crippen molar-refractivity contribution in [1.82, 2.24) is 5.32 Å². The lowest BCUT2D eigenvalue weighted by molar-refractivity contribution is 0.0947. The first-order chi connectivity index (χ1) is 8.00. The van der Waals surface area contributed by atoms with Gasteiger partial charge in [-0.1, -0.05) is 6.07 Å². The van der Waals surface area contributed by atoms with Crippen molar-refractivity contribution in [2.75, 3.05) is 6.54 Å². The number of carbonyl (C=O) groups excluding carboxylic acids is 1. The molecular weight excluding hydrogens is 218 g/mol. The predicted octanol–water partition coefficient (Wildman–Crippen LogP) is 1.59. The fraction of sp³-hybridized carbons (Fsp3) is 0.462. The standard InChI is InChI=1S/C13H19NO3/c1-9-5-6-11(12(16)8-9)13(17)14-7-3-4-10(2)15/h5-6,8,10,15-16H,3-4,7H2,1-2H3,(H,14,17). The fourth-order valence-corrected chi connectivity index (χ4v) is 1.53. The Bertz CT molecular complexity index is 388. The highest BCUT2D eigenvalue weighted by Gasteiger charge is 2.10. The van der Waals surface area contributed by atoms with Gasteiger partial charge in [-0.25, -0.2) is 0 Å². The minimum atomic E-state index is -0.348. The number of aromatic hydroxyl groups is 1. The molecule has 1 unspecified atom stereocenters. The van der Waals surface area contributed by atoms with Crippen LogP contribution in [0.15, 0.2) is 18.2 Å². The highest BCUT2D eigenvalue weighted by molar-refractivity contribution is 5.96. The van der Waals surface area contributed by atoms with E-state index in [2.05, 4.69) is 5.32 Å². The van der Waals surface area contributed by atoms with Gasteiger partial charge >= 0.3 is 0 Å². The van der Waals surface area contributed by atoms with Crippen molar-refractivity contribution in [1.29, 1.82) is 0 Å². The molecule has 3 N–H and O–H groups in total. The van der Waals surface area contributed by atoms with Gasteiger partial charge in [0.1, 0.15) is 5.75 Å².